The number of phenols is 1. The van der Waals surface area contributed by atoms with Crippen molar-refractivity contribution in [3.05, 3.63) is 82.4 Å². The Labute approximate surface area is 248 Å². The van der Waals surface area contributed by atoms with Crippen LogP contribution in [0.4, 0.5) is 0 Å². The maximum Gasteiger partial charge on any atom is 0.234 e. The maximum atomic E-state index is 13.9. The van der Waals surface area contributed by atoms with Gasteiger partial charge in [-0.25, -0.2) is 0 Å². The third-order valence-corrected chi connectivity index (χ3v) is 9.83. The molecule has 222 valence electrons. The Morgan fingerprint density at radius 2 is 1.81 bits per heavy atom. The molecule has 3 aliphatic heterocycles. The van der Waals surface area contributed by atoms with Crippen molar-refractivity contribution in [3.63, 3.8) is 0 Å². The Balaban J connectivity index is 1.12. The molecule has 1 aliphatic carbocycles. The predicted molar refractivity (Wildman–Crippen MR) is 161 cm³/mol. The number of likely N-dealkylation sites (tertiary alicyclic amines) is 2. The number of amides is 2. The standard InChI is InChI=1S/C35H42N2O5/c1-2-23(17-25-9-6-10-28(39)18-25)11-12-31-32-26(21-38)19-29-33(30(32)22-42-31)35(41)37(34(29)40)27-13-15-36(16-14-27)20-24-7-4-3-5-8-24/h3-10,17-18,27,29-31,33,38-39H,2,11-16,19-22H2,1H3/b23-17+/t29-,30+,31-,33-/m1/s1. The molecule has 0 radical (unpaired) electrons. The molecule has 7 nitrogen and oxygen atoms in total. The molecule has 2 N–H and O–H groups in total. The third-order valence-electron chi connectivity index (χ3n) is 9.83. The van der Waals surface area contributed by atoms with Crippen LogP contribution < -0.4 is 0 Å². The summed E-state index contributed by atoms with van der Waals surface area (Å²) in [5.74, 6) is -0.761. The first-order valence-electron chi connectivity index (χ1n) is 15.5. The highest BCUT2D eigenvalue weighted by Crippen LogP contribution is 2.50. The number of phenolic OH excluding ortho intramolecular Hbond substituents is 1. The number of hydrogen-bond acceptors (Lipinski definition) is 6. The van der Waals surface area contributed by atoms with E-state index in [0.717, 1.165) is 68.4 Å². The second-order valence-electron chi connectivity index (χ2n) is 12.3. The van der Waals surface area contributed by atoms with Crippen molar-refractivity contribution in [1.29, 1.82) is 0 Å². The number of carbonyl (C=O) groups is 2. The fraction of sp³-hybridized carbons (Fsp3) is 0.486. The topological polar surface area (TPSA) is 90.3 Å². The lowest BCUT2D eigenvalue weighted by molar-refractivity contribution is -0.144. The number of carbonyl (C=O) groups excluding carboxylic acids is 2. The highest BCUT2D eigenvalue weighted by molar-refractivity contribution is 6.06. The van der Waals surface area contributed by atoms with E-state index in [-0.39, 0.29) is 48.2 Å². The van der Waals surface area contributed by atoms with Crippen molar-refractivity contribution in [1.82, 2.24) is 9.80 Å². The molecule has 4 atom stereocenters. The molecular weight excluding hydrogens is 528 g/mol. The van der Waals surface area contributed by atoms with E-state index in [0.29, 0.717) is 13.0 Å². The number of piperidine rings is 1. The number of benzene rings is 2. The summed E-state index contributed by atoms with van der Waals surface area (Å²) in [6.45, 7) is 5.06. The molecule has 2 aromatic rings. The van der Waals surface area contributed by atoms with E-state index in [1.54, 1.807) is 17.0 Å². The van der Waals surface area contributed by atoms with Crippen LogP contribution in [0.15, 0.2) is 71.3 Å². The lowest BCUT2D eigenvalue weighted by atomic mass is 9.69. The van der Waals surface area contributed by atoms with E-state index in [9.17, 15) is 19.8 Å². The van der Waals surface area contributed by atoms with Crippen LogP contribution in [0.25, 0.3) is 6.08 Å². The van der Waals surface area contributed by atoms with Gasteiger partial charge in [-0.15, -0.1) is 0 Å². The first-order valence-corrected chi connectivity index (χ1v) is 15.5. The first-order chi connectivity index (χ1) is 20.5. The van der Waals surface area contributed by atoms with Crippen LogP contribution in [0, 0.1) is 17.8 Å². The molecule has 4 aliphatic rings. The number of rotatable bonds is 9. The van der Waals surface area contributed by atoms with E-state index in [2.05, 4.69) is 42.2 Å². The summed E-state index contributed by atoms with van der Waals surface area (Å²) in [5.41, 5.74) is 5.45. The Morgan fingerprint density at radius 1 is 1.02 bits per heavy atom. The summed E-state index contributed by atoms with van der Waals surface area (Å²) >= 11 is 0. The summed E-state index contributed by atoms with van der Waals surface area (Å²) < 4.78 is 6.31. The lowest BCUT2D eigenvalue weighted by Crippen LogP contribution is -2.47. The number of allylic oxidation sites excluding steroid dienone is 1. The van der Waals surface area contributed by atoms with E-state index in [1.165, 1.54) is 11.1 Å². The van der Waals surface area contributed by atoms with Gasteiger partial charge < -0.3 is 14.9 Å². The van der Waals surface area contributed by atoms with Crippen molar-refractivity contribution < 1.29 is 24.5 Å². The zero-order valence-corrected chi connectivity index (χ0v) is 24.5. The Kier molecular flexibility index (Phi) is 8.61. The van der Waals surface area contributed by atoms with Gasteiger partial charge in [0.2, 0.25) is 11.8 Å². The average molecular weight is 571 g/mol. The quantitative estimate of drug-likeness (QED) is 0.328. The number of hydrogen-bond donors (Lipinski definition) is 2. The van der Waals surface area contributed by atoms with Crippen LogP contribution in [0.3, 0.4) is 0 Å². The zero-order valence-electron chi connectivity index (χ0n) is 24.5. The molecule has 7 heteroatoms. The number of ether oxygens (including phenoxy) is 1. The van der Waals surface area contributed by atoms with Gasteiger partial charge in [-0.1, -0.05) is 61.0 Å². The number of fused-ring (bicyclic) bond motifs is 3. The maximum absolute atomic E-state index is 13.9. The second kappa shape index (κ2) is 12.5. The van der Waals surface area contributed by atoms with E-state index in [4.69, 9.17) is 4.74 Å². The van der Waals surface area contributed by atoms with Gasteiger partial charge in [-0.05, 0) is 72.9 Å². The van der Waals surface area contributed by atoms with Gasteiger partial charge in [0.15, 0.2) is 0 Å². The van der Waals surface area contributed by atoms with Crippen molar-refractivity contribution in [2.45, 2.75) is 64.1 Å². The smallest absolute Gasteiger partial charge is 0.234 e. The Bertz CT molecular complexity index is 1360. The minimum absolute atomic E-state index is 0.0340. The van der Waals surface area contributed by atoms with Crippen LogP contribution in [-0.2, 0) is 20.9 Å². The number of aromatic hydroxyl groups is 1. The third kappa shape index (κ3) is 5.70. The summed E-state index contributed by atoms with van der Waals surface area (Å²) in [6, 6.07) is 17.6. The van der Waals surface area contributed by atoms with Gasteiger partial charge in [0, 0.05) is 31.6 Å². The van der Waals surface area contributed by atoms with Crippen LogP contribution in [0.5, 0.6) is 5.75 Å². The molecule has 3 heterocycles. The molecule has 0 bridgehead atoms. The Hall–Kier alpha value is -3.26. The Morgan fingerprint density at radius 3 is 2.52 bits per heavy atom. The van der Waals surface area contributed by atoms with Crippen LogP contribution >= 0.6 is 0 Å². The molecule has 2 amide bonds. The van der Waals surface area contributed by atoms with Gasteiger partial charge in [0.05, 0.1) is 31.2 Å². The van der Waals surface area contributed by atoms with Gasteiger partial charge >= 0.3 is 0 Å². The fourth-order valence-electron chi connectivity index (χ4n) is 7.70. The molecule has 42 heavy (non-hydrogen) atoms. The minimum Gasteiger partial charge on any atom is -0.508 e. The molecule has 3 fully saturated rings. The van der Waals surface area contributed by atoms with E-state index >= 15 is 0 Å². The van der Waals surface area contributed by atoms with E-state index < -0.39 is 5.92 Å². The lowest BCUT2D eigenvalue weighted by Gasteiger charge is -2.36. The van der Waals surface area contributed by atoms with Gasteiger partial charge in [0.25, 0.3) is 0 Å². The number of imide groups is 1. The summed E-state index contributed by atoms with van der Waals surface area (Å²) in [4.78, 5) is 31.7. The molecule has 6 rings (SSSR count). The molecular formula is C35H42N2O5. The molecule has 0 spiro atoms. The monoisotopic (exact) mass is 570 g/mol. The molecule has 3 saturated heterocycles. The zero-order chi connectivity index (χ0) is 29.2. The summed E-state index contributed by atoms with van der Waals surface area (Å²) in [7, 11) is 0. The highest BCUT2D eigenvalue weighted by atomic mass is 16.5. The van der Waals surface area contributed by atoms with Crippen molar-refractivity contribution in [2.24, 2.45) is 17.8 Å². The number of nitrogens with zero attached hydrogens (tertiary/aromatic N) is 2. The van der Waals surface area contributed by atoms with Crippen molar-refractivity contribution >= 4 is 17.9 Å². The van der Waals surface area contributed by atoms with Gasteiger partial charge in [0.1, 0.15) is 5.75 Å². The van der Waals surface area contributed by atoms with Crippen LogP contribution in [0.1, 0.15) is 56.6 Å². The average Bonchev–Trinajstić information content (AvgIpc) is 3.54. The molecule has 0 saturated carbocycles. The number of aliphatic hydroxyl groups excluding tert-OH is 1. The van der Waals surface area contributed by atoms with Crippen molar-refractivity contribution in [3.8, 4) is 5.75 Å². The largest absolute Gasteiger partial charge is 0.508 e. The second-order valence-corrected chi connectivity index (χ2v) is 12.3. The van der Waals surface area contributed by atoms with E-state index in [1.807, 2.05) is 18.2 Å². The predicted octanol–water partition coefficient (Wildman–Crippen LogP) is 4.94. The van der Waals surface area contributed by atoms with Crippen molar-refractivity contribution in [2.75, 3.05) is 26.3 Å². The van der Waals surface area contributed by atoms with Gasteiger partial charge in [-0.3, -0.25) is 19.4 Å². The molecule has 2 aromatic carbocycles. The van der Waals surface area contributed by atoms with Crippen LogP contribution in [-0.4, -0.2) is 70.3 Å². The molecule has 0 unspecified atom stereocenters. The summed E-state index contributed by atoms with van der Waals surface area (Å²) in [5, 5.41) is 20.2. The SMILES string of the molecule is CC/C(=C\c1cccc(O)c1)CC[C@H]1OC[C@H]2C1=C(CO)C[C@H]1C(=O)N(C3CCN(Cc4ccccc4)CC3)C(=O)[C@H]12. The fourth-order valence-corrected chi connectivity index (χ4v) is 7.70. The molecule has 0 aromatic heterocycles. The highest BCUT2D eigenvalue weighted by Gasteiger charge is 2.58. The number of aliphatic hydroxyl groups is 1. The summed E-state index contributed by atoms with van der Waals surface area (Å²) in [6.07, 6.45) is 6.46. The normalized spacial score (nSPS) is 27.1. The minimum atomic E-state index is -0.394. The first kappa shape index (κ1) is 28.8. The van der Waals surface area contributed by atoms with Crippen LogP contribution in [0.2, 0.25) is 0 Å². The van der Waals surface area contributed by atoms with Gasteiger partial charge in [-0.2, -0.15) is 0 Å².